The fourth-order valence-corrected chi connectivity index (χ4v) is 5.45. The number of benzene rings is 3. The number of carbonyl (C=O) groups is 1. The predicted octanol–water partition coefficient (Wildman–Crippen LogP) is 4.56. The summed E-state index contributed by atoms with van der Waals surface area (Å²) in [5.74, 6) is 0. The summed E-state index contributed by atoms with van der Waals surface area (Å²) in [6.07, 6.45) is 1.98. The molecule has 3 aromatic carbocycles. The zero-order valence-electron chi connectivity index (χ0n) is 13.3. The fraction of sp³-hybridized carbons (Fsp3) is 0.0500. The highest BCUT2D eigenvalue weighted by Crippen LogP contribution is 2.46. The van der Waals surface area contributed by atoms with Crippen molar-refractivity contribution in [3.8, 4) is 0 Å². The maximum Gasteiger partial charge on any atom is 0.230 e. The molecule has 0 amide bonds. The van der Waals surface area contributed by atoms with Crippen LogP contribution < -0.4 is 10.6 Å². The van der Waals surface area contributed by atoms with E-state index in [0.717, 1.165) is 4.90 Å². The Morgan fingerprint density at radius 2 is 1.21 bits per heavy atom. The molecule has 24 heavy (non-hydrogen) atoms. The molecule has 0 N–H and O–H groups in total. The highest BCUT2D eigenvalue weighted by Gasteiger charge is 2.36. The van der Waals surface area contributed by atoms with E-state index in [-0.39, 0.29) is 5.52 Å². The first-order chi connectivity index (χ1) is 11.7. The van der Waals surface area contributed by atoms with Gasteiger partial charge in [-0.05, 0) is 30.5 Å². The molecule has 3 aromatic rings. The lowest BCUT2D eigenvalue weighted by molar-refractivity contribution is 0.107. The zero-order chi connectivity index (χ0) is 17.0. The van der Waals surface area contributed by atoms with Crippen LogP contribution in [0.3, 0.4) is 0 Å². The van der Waals surface area contributed by atoms with Crippen LogP contribution in [0, 0.1) is 0 Å². The average Bonchev–Trinajstić information content (AvgIpc) is 2.68. The van der Waals surface area contributed by atoms with Gasteiger partial charge in [-0.25, -0.2) is 0 Å². The van der Waals surface area contributed by atoms with E-state index >= 15 is 0 Å². The Hall–Kier alpha value is -2.09. The largest absolute Gasteiger partial charge is 0.305 e. The lowest BCUT2D eigenvalue weighted by Gasteiger charge is -2.18. The van der Waals surface area contributed by atoms with Crippen LogP contribution in [0.25, 0.3) is 0 Å². The van der Waals surface area contributed by atoms with Crippen LogP contribution >= 0.6 is 18.9 Å². The first-order valence-corrected chi connectivity index (χ1v) is 10.5. The van der Waals surface area contributed by atoms with Crippen LogP contribution in [0.5, 0.6) is 0 Å². The fourth-order valence-electron chi connectivity index (χ4n) is 2.57. The van der Waals surface area contributed by atoms with Gasteiger partial charge >= 0.3 is 0 Å². The van der Waals surface area contributed by atoms with E-state index < -0.39 is 7.14 Å². The Balaban J connectivity index is 2.15. The van der Waals surface area contributed by atoms with E-state index in [1.807, 2.05) is 54.8 Å². The summed E-state index contributed by atoms with van der Waals surface area (Å²) in [7, 11) is -3.41. The van der Waals surface area contributed by atoms with Crippen LogP contribution in [0.1, 0.15) is 10.4 Å². The molecule has 120 valence electrons. The molecule has 3 rings (SSSR count). The smallest absolute Gasteiger partial charge is 0.230 e. The summed E-state index contributed by atoms with van der Waals surface area (Å²) in [6, 6.07) is 25.3. The minimum absolute atomic E-state index is 0.326. The van der Waals surface area contributed by atoms with E-state index in [4.69, 9.17) is 0 Å². The number of carbonyl (C=O) groups excluding carboxylic acids is 1. The highest BCUT2D eigenvalue weighted by molar-refractivity contribution is 7.98. The first-order valence-electron chi connectivity index (χ1n) is 7.56. The van der Waals surface area contributed by atoms with Gasteiger partial charge in [0.25, 0.3) is 0 Å². The van der Waals surface area contributed by atoms with Crippen molar-refractivity contribution in [3.05, 3.63) is 90.5 Å². The van der Waals surface area contributed by atoms with Gasteiger partial charge in [-0.2, -0.15) is 0 Å². The summed E-state index contributed by atoms with van der Waals surface area (Å²) in [5, 5.41) is 1.13. The minimum Gasteiger partial charge on any atom is -0.305 e. The molecule has 0 aromatic heterocycles. The minimum atomic E-state index is -3.41. The molecule has 0 atom stereocenters. The third kappa shape index (κ3) is 3.10. The Bertz CT molecular complexity index is 831. The highest BCUT2D eigenvalue weighted by atomic mass is 32.2. The maximum atomic E-state index is 13.9. The third-order valence-corrected chi connectivity index (χ3v) is 7.49. The van der Waals surface area contributed by atoms with Crippen molar-refractivity contribution < 1.29 is 9.36 Å². The molecule has 0 aliphatic rings. The lowest BCUT2D eigenvalue weighted by atomic mass is 10.2. The summed E-state index contributed by atoms with van der Waals surface area (Å²) in [5.41, 5.74) is 0.149. The van der Waals surface area contributed by atoms with Crippen molar-refractivity contribution >= 4 is 35.0 Å². The molecule has 0 spiro atoms. The molecule has 0 saturated carbocycles. The normalized spacial score (nSPS) is 11.2. The van der Waals surface area contributed by atoms with Crippen LogP contribution in [0.15, 0.2) is 89.8 Å². The number of rotatable bonds is 5. The number of thioether (sulfide) groups is 1. The lowest BCUT2D eigenvalue weighted by Crippen LogP contribution is -2.22. The van der Waals surface area contributed by atoms with Crippen molar-refractivity contribution in [2.75, 3.05) is 6.26 Å². The SMILES string of the molecule is CSc1ccc(C(=O)P(=O)(c2ccccc2)c2ccccc2)cc1. The quantitative estimate of drug-likeness (QED) is 0.498. The van der Waals surface area contributed by atoms with E-state index in [1.54, 1.807) is 48.2 Å². The van der Waals surface area contributed by atoms with Gasteiger partial charge in [0, 0.05) is 21.1 Å². The molecule has 0 aliphatic heterocycles. The Labute approximate surface area is 146 Å². The van der Waals surface area contributed by atoms with E-state index in [9.17, 15) is 9.36 Å². The van der Waals surface area contributed by atoms with Gasteiger partial charge < -0.3 is 4.57 Å². The maximum absolute atomic E-state index is 13.9. The van der Waals surface area contributed by atoms with Crippen LogP contribution in [-0.4, -0.2) is 11.8 Å². The second-order valence-electron chi connectivity index (χ2n) is 5.31. The van der Waals surface area contributed by atoms with Gasteiger partial charge in [0.1, 0.15) is 0 Å². The van der Waals surface area contributed by atoms with E-state index in [2.05, 4.69) is 0 Å². The molecule has 0 saturated heterocycles. The predicted molar refractivity (Wildman–Crippen MR) is 102 cm³/mol. The van der Waals surface area contributed by atoms with E-state index in [0.29, 0.717) is 16.2 Å². The molecular weight excluding hydrogens is 335 g/mol. The Kier molecular flexibility index (Phi) is 5.03. The van der Waals surface area contributed by atoms with Gasteiger partial charge in [0.05, 0.1) is 0 Å². The van der Waals surface area contributed by atoms with Crippen molar-refractivity contribution in [1.82, 2.24) is 0 Å². The van der Waals surface area contributed by atoms with Gasteiger partial charge in [-0.1, -0.05) is 60.7 Å². The molecule has 0 aliphatic carbocycles. The van der Waals surface area contributed by atoms with Gasteiger partial charge in [0.2, 0.25) is 12.7 Å². The standard InChI is InChI=1S/C20H17O2PS/c1-24-19-14-12-16(13-15-19)20(21)23(22,17-8-4-2-5-9-17)18-10-6-3-7-11-18/h2-15H,1H3. The Morgan fingerprint density at radius 3 is 1.62 bits per heavy atom. The average molecular weight is 352 g/mol. The second-order valence-corrected chi connectivity index (χ2v) is 8.85. The van der Waals surface area contributed by atoms with Crippen LogP contribution in [0.4, 0.5) is 0 Å². The number of hydrogen-bond donors (Lipinski definition) is 0. The van der Waals surface area contributed by atoms with Gasteiger partial charge in [-0.3, -0.25) is 4.79 Å². The molecule has 0 fully saturated rings. The van der Waals surface area contributed by atoms with Crippen molar-refractivity contribution in [2.45, 2.75) is 4.90 Å². The van der Waals surface area contributed by atoms with Crippen molar-refractivity contribution in [3.63, 3.8) is 0 Å². The molecular formula is C20H17O2PS. The number of hydrogen-bond acceptors (Lipinski definition) is 3. The van der Waals surface area contributed by atoms with Gasteiger partial charge in [0.15, 0.2) is 0 Å². The van der Waals surface area contributed by atoms with Gasteiger partial charge in [-0.15, -0.1) is 11.8 Å². The summed E-state index contributed by atoms with van der Waals surface area (Å²) >= 11 is 1.61. The Morgan fingerprint density at radius 1 is 0.750 bits per heavy atom. The van der Waals surface area contributed by atoms with Crippen LogP contribution in [0.2, 0.25) is 0 Å². The molecule has 0 radical (unpaired) electrons. The topological polar surface area (TPSA) is 34.1 Å². The molecule has 0 heterocycles. The zero-order valence-corrected chi connectivity index (χ0v) is 15.0. The summed E-state index contributed by atoms with van der Waals surface area (Å²) < 4.78 is 13.9. The molecule has 0 unspecified atom stereocenters. The van der Waals surface area contributed by atoms with Crippen LogP contribution in [-0.2, 0) is 4.57 Å². The molecule has 0 bridgehead atoms. The van der Waals surface area contributed by atoms with E-state index in [1.165, 1.54) is 0 Å². The molecule has 2 nitrogen and oxygen atoms in total. The monoisotopic (exact) mass is 352 g/mol. The first kappa shape index (κ1) is 16.8. The third-order valence-electron chi connectivity index (χ3n) is 3.86. The van der Waals surface area contributed by atoms with Crippen molar-refractivity contribution in [2.24, 2.45) is 0 Å². The second kappa shape index (κ2) is 7.21. The summed E-state index contributed by atoms with van der Waals surface area (Å²) in [6.45, 7) is 0. The molecule has 4 heteroatoms. The van der Waals surface area contributed by atoms with Crippen molar-refractivity contribution in [1.29, 1.82) is 0 Å². The summed E-state index contributed by atoms with van der Waals surface area (Å²) in [4.78, 5) is 14.3.